The summed E-state index contributed by atoms with van der Waals surface area (Å²) in [5, 5.41) is 0. The summed E-state index contributed by atoms with van der Waals surface area (Å²) < 4.78 is 30.9. The predicted octanol–water partition coefficient (Wildman–Crippen LogP) is 0.634. The third-order valence-corrected chi connectivity index (χ3v) is 5.21. The van der Waals surface area contributed by atoms with Crippen LogP contribution in [0.5, 0.6) is 0 Å². The molecular formula is C11H23Cl2N2O3S+. The maximum Gasteiger partial charge on any atom is 0.208 e. The molecule has 0 saturated carbocycles. The van der Waals surface area contributed by atoms with E-state index in [2.05, 4.69) is 0 Å². The van der Waals surface area contributed by atoms with Gasteiger partial charge in [-0.1, -0.05) is 6.92 Å². The van der Waals surface area contributed by atoms with Crippen molar-refractivity contribution < 1.29 is 21.9 Å². The highest BCUT2D eigenvalue weighted by Gasteiger charge is 2.54. The maximum absolute atomic E-state index is 9.44. The molecule has 0 N–H and O–H groups in total. The third-order valence-electron chi connectivity index (χ3n) is 4.17. The molecule has 19 heavy (non-hydrogen) atoms. The number of piperazine rings is 1. The first-order valence-electron chi connectivity index (χ1n) is 6.56. The largest absolute Gasteiger partial charge is 0.748 e. The minimum Gasteiger partial charge on any atom is -0.748 e. The Labute approximate surface area is 126 Å². The van der Waals surface area contributed by atoms with Crippen LogP contribution in [-0.4, -0.2) is 85.4 Å². The molecule has 0 radical (unpaired) electrons. The van der Waals surface area contributed by atoms with E-state index in [1.165, 1.54) is 48.7 Å². The van der Waals surface area contributed by atoms with Gasteiger partial charge in [-0.25, -0.2) is 8.42 Å². The summed E-state index contributed by atoms with van der Waals surface area (Å²) in [6.45, 7) is 10.2. The molecule has 2 aliphatic rings. The first-order valence-corrected chi connectivity index (χ1v) is 9.21. The number of hydrogen-bond donors (Lipinski definition) is 0. The van der Waals surface area contributed by atoms with Crippen molar-refractivity contribution in [2.24, 2.45) is 0 Å². The number of quaternary nitrogens is 2. The van der Waals surface area contributed by atoms with Crippen LogP contribution in [0, 0.1) is 0 Å². The van der Waals surface area contributed by atoms with Gasteiger partial charge in [-0.15, -0.1) is 23.2 Å². The van der Waals surface area contributed by atoms with Crippen LogP contribution in [-0.2, 0) is 10.1 Å². The van der Waals surface area contributed by atoms with Crippen LogP contribution in [0.2, 0.25) is 0 Å². The van der Waals surface area contributed by atoms with Crippen LogP contribution < -0.4 is 0 Å². The Morgan fingerprint density at radius 3 is 1.53 bits per heavy atom. The lowest BCUT2D eigenvalue weighted by atomic mass is 10.3. The molecule has 2 bridgehead atoms. The van der Waals surface area contributed by atoms with E-state index in [0.717, 1.165) is 24.8 Å². The summed E-state index contributed by atoms with van der Waals surface area (Å²) in [5.41, 5.74) is 0. The Morgan fingerprint density at radius 2 is 1.32 bits per heavy atom. The van der Waals surface area contributed by atoms with E-state index in [9.17, 15) is 13.0 Å². The Hall–Kier alpha value is 0.410. The van der Waals surface area contributed by atoms with E-state index in [4.69, 9.17) is 23.2 Å². The normalized spacial score (nSPS) is 33.1. The van der Waals surface area contributed by atoms with Gasteiger partial charge in [0.05, 0.1) is 35.0 Å². The monoisotopic (exact) mass is 333 g/mol. The number of fused-ring (bicyclic) bond motifs is 2. The number of halogens is 2. The maximum atomic E-state index is 9.44. The van der Waals surface area contributed by atoms with E-state index in [1.54, 1.807) is 0 Å². The molecule has 0 aromatic heterocycles. The summed E-state index contributed by atoms with van der Waals surface area (Å²) in [6.07, 6.45) is 0. The van der Waals surface area contributed by atoms with E-state index < -0.39 is 10.1 Å². The molecule has 2 saturated heterocycles. The third kappa shape index (κ3) is 5.02. The second-order valence-electron chi connectivity index (χ2n) is 5.39. The molecule has 5 nitrogen and oxygen atoms in total. The fraction of sp³-hybridized carbons (Fsp3) is 1.00. The highest BCUT2D eigenvalue weighted by Crippen LogP contribution is 2.31. The quantitative estimate of drug-likeness (QED) is 0.421. The van der Waals surface area contributed by atoms with Gasteiger partial charge in [0.25, 0.3) is 0 Å². The fourth-order valence-corrected chi connectivity index (χ4v) is 3.66. The molecule has 0 aromatic carbocycles. The molecule has 0 spiro atoms. The standard InChI is InChI=1S/C9H18Cl2N2.C2H6O3S/c10-1-3-12-5-7-13(9-12,4-2-11)8-6-12;1-2-6(3,4)5/h1-9H2;2H2,1H3,(H,3,4,5)/q+2;/p-1. The van der Waals surface area contributed by atoms with E-state index in [1.807, 2.05) is 0 Å². The molecular weight excluding hydrogens is 311 g/mol. The molecule has 2 heterocycles. The molecule has 0 unspecified atom stereocenters. The Morgan fingerprint density at radius 1 is 1.00 bits per heavy atom. The van der Waals surface area contributed by atoms with Crippen molar-refractivity contribution in [1.82, 2.24) is 0 Å². The molecule has 0 aliphatic carbocycles. The minimum absolute atomic E-state index is 0.312. The molecule has 0 atom stereocenters. The number of rotatable bonds is 5. The van der Waals surface area contributed by atoms with Crippen molar-refractivity contribution in [1.29, 1.82) is 0 Å². The van der Waals surface area contributed by atoms with E-state index in [-0.39, 0.29) is 5.75 Å². The number of alkyl halides is 2. The SMILES string of the molecule is CCS(=O)(=O)[O-].ClCC[N+]12CC[N+](CCCl)(CC1)C2. The van der Waals surface area contributed by atoms with Crippen molar-refractivity contribution in [3.8, 4) is 0 Å². The molecule has 0 aromatic rings. The fourth-order valence-electron chi connectivity index (χ4n) is 2.94. The molecule has 0 amide bonds. The first kappa shape index (κ1) is 17.5. The highest BCUT2D eigenvalue weighted by molar-refractivity contribution is 7.85. The van der Waals surface area contributed by atoms with Crippen LogP contribution in [0.15, 0.2) is 0 Å². The second-order valence-corrected chi connectivity index (χ2v) is 7.84. The average Bonchev–Trinajstić information content (AvgIpc) is 2.85. The van der Waals surface area contributed by atoms with Crippen molar-refractivity contribution in [3.05, 3.63) is 0 Å². The van der Waals surface area contributed by atoms with Crippen LogP contribution in [0.3, 0.4) is 0 Å². The summed E-state index contributed by atoms with van der Waals surface area (Å²) in [6, 6.07) is 0. The smallest absolute Gasteiger partial charge is 0.208 e. The molecule has 2 rings (SSSR count). The van der Waals surface area contributed by atoms with Gasteiger partial charge in [0.1, 0.15) is 26.2 Å². The van der Waals surface area contributed by atoms with Crippen molar-refractivity contribution in [3.63, 3.8) is 0 Å². The van der Waals surface area contributed by atoms with Gasteiger partial charge in [0, 0.05) is 5.75 Å². The summed E-state index contributed by atoms with van der Waals surface area (Å²) in [4.78, 5) is 0. The zero-order chi connectivity index (χ0) is 14.6. The summed E-state index contributed by atoms with van der Waals surface area (Å²) >= 11 is 11.7. The van der Waals surface area contributed by atoms with Gasteiger partial charge in [-0.05, 0) is 0 Å². The van der Waals surface area contributed by atoms with Gasteiger partial charge in [-0.2, -0.15) is 0 Å². The van der Waals surface area contributed by atoms with Gasteiger partial charge in [0.2, 0.25) is 6.67 Å². The topological polar surface area (TPSA) is 57.2 Å². The van der Waals surface area contributed by atoms with Gasteiger partial charge >= 0.3 is 0 Å². The number of hydrogen-bond acceptors (Lipinski definition) is 3. The molecule has 2 fully saturated rings. The zero-order valence-corrected chi connectivity index (χ0v) is 13.7. The van der Waals surface area contributed by atoms with Crippen LogP contribution in [0.1, 0.15) is 6.92 Å². The van der Waals surface area contributed by atoms with Crippen LogP contribution >= 0.6 is 23.2 Å². The first-order chi connectivity index (χ1) is 8.80. The van der Waals surface area contributed by atoms with E-state index in [0.29, 0.717) is 0 Å². The lowest BCUT2D eigenvalue weighted by Crippen LogP contribution is -2.48. The lowest BCUT2D eigenvalue weighted by molar-refractivity contribution is -0.985. The molecule has 2 aliphatic heterocycles. The van der Waals surface area contributed by atoms with Gasteiger partial charge in [0.15, 0.2) is 0 Å². The van der Waals surface area contributed by atoms with Crippen molar-refractivity contribution in [2.45, 2.75) is 6.92 Å². The predicted molar refractivity (Wildman–Crippen MR) is 76.3 cm³/mol. The average molecular weight is 334 g/mol. The van der Waals surface area contributed by atoms with Crippen LogP contribution in [0.25, 0.3) is 0 Å². The Kier molecular flexibility index (Phi) is 6.35. The zero-order valence-electron chi connectivity index (χ0n) is 11.4. The summed E-state index contributed by atoms with van der Waals surface area (Å²) in [5.74, 6) is 1.30. The minimum atomic E-state index is -3.91. The lowest BCUT2D eigenvalue weighted by Gasteiger charge is -2.26. The molecule has 114 valence electrons. The Bertz CT molecular complexity index is 361. The molecule has 8 heteroatoms. The van der Waals surface area contributed by atoms with Crippen molar-refractivity contribution >= 4 is 33.3 Å². The van der Waals surface area contributed by atoms with Crippen molar-refractivity contribution in [2.75, 3.05) is 63.5 Å². The second kappa shape index (κ2) is 6.91. The van der Waals surface area contributed by atoms with Gasteiger partial charge < -0.3 is 4.55 Å². The Balaban J connectivity index is 0.000000258. The van der Waals surface area contributed by atoms with Gasteiger partial charge in [-0.3, -0.25) is 8.97 Å². The van der Waals surface area contributed by atoms with E-state index >= 15 is 0 Å². The number of nitrogens with zero attached hydrogens (tertiary/aromatic N) is 2. The summed E-state index contributed by atoms with van der Waals surface area (Å²) in [7, 11) is -3.91. The van der Waals surface area contributed by atoms with Crippen LogP contribution in [0.4, 0.5) is 0 Å². The highest BCUT2D eigenvalue weighted by atomic mass is 35.5.